The average molecular weight is 223 g/mol. The molecule has 0 radical (unpaired) electrons. The SMILES string of the molecule is CCC(C#N)C(=O)N1CCN(C)C(C)(C)C1. The van der Waals surface area contributed by atoms with Crippen LogP contribution in [0.3, 0.4) is 0 Å². The molecule has 4 nitrogen and oxygen atoms in total. The van der Waals surface area contributed by atoms with Gasteiger partial charge in [-0.1, -0.05) is 6.92 Å². The van der Waals surface area contributed by atoms with Gasteiger partial charge in [0.2, 0.25) is 5.91 Å². The second-order valence-electron chi connectivity index (χ2n) is 5.08. The normalized spacial score (nSPS) is 22.6. The van der Waals surface area contributed by atoms with Crippen LogP contribution in [0.5, 0.6) is 0 Å². The number of hydrogen-bond donors (Lipinski definition) is 0. The largest absolute Gasteiger partial charge is 0.338 e. The number of carbonyl (C=O) groups is 1. The van der Waals surface area contributed by atoms with Gasteiger partial charge in [0.1, 0.15) is 5.92 Å². The molecule has 0 spiro atoms. The maximum Gasteiger partial charge on any atom is 0.240 e. The third-order valence-electron chi connectivity index (χ3n) is 3.49. The minimum absolute atomic E-state index is 0.00164. The molecule has 1 heterocycles. The first-order chi connectivity index (χ1) is 7.42. The Bertz CT molecular complexity index is 306. The molecule has 0 aromatic rings. The fourth-order valence-electron chi connectivity index (χ4n) is 1.97. The Balaban J connectivity index is 2.70. The monoisotopic (exact) mass is 223 g/mol. The number of likely N-dealkylation sites (N-methyl/N-ethyl adjacent to an activating group) is 1. The second-order valence-corrected chi connectivity index (χ2v) is 5.08. The van der Waals surface area contributed by atoms with Gasteiger partial charge in [0.25, 0.3) is 0 Å². The third-order valence-corrected chi connectivity index (χ3v) is 3.49. The molecule has 1 rings (SSSR count). The van der Waals surface area contributed by atoms with E-state index in [0.717, 1.165) is 13.1 Å². The molecule has 16 heavy (non-hydrogen) atoms. The number of nitriles is 1. The molecular weight excluding hydrogens is 202 g/mol. The minimum atomic E-state index is -0.473. The Hall–Kier alpha value is -1.08. The lowest BCUT2D eigenvalue weighted by atomic mass is 9.97. The van der Waals surface area contributed by atoms with Crippen molar-refractivity contribution in [1.29, 1.82) is 5.26 Å². The van der Waals surface area contributed by atoms with Crippen molar-refractivity contribution >= 4 is 5.91 Å². The van der Waals surface area contributed by atoms with E-state index in [9.17, 15) is 4.79 Å². The molecule has 1 aliphatic rings. The number of carbonyl (C=O) groups excluding carboxylic acids is 1. The van der Waals surface area contributed by atoms with Crippen LogP contribution in [-0.4, -0.2) is 47.9 Å². The average Bonchev–Trinajstić information content (AvgIpc) is 2.23. The van der Waals surface area contributed by atoms with E-state index in [1.165, 1.54) is 0 Å². The van der Waals surface area contributed by atoms with Crippen molar-refractivity contribution in [1.82, 2.24) is 9.80 Å². The van der Waals surface area contributed by atoms with Crippen molar-refractivity contribution in [2.75, 3.05) is 26.7 Å². The third kappa shape index (κ3) is 2.53. The van der Waals surface area contributed by atoms with Gasteiger partial charge in [0.15, 0.2) is 0 Å². The molecule has 90 valence electrons. The van der Waals surface area contributed by atoms with Crippen LogP contribution in [0.15, 0.2) is 0 Å². The molecule has 1 unspecified atom stereocenters. The van der Waals surface area contributed by atoms with Crippen LogP contribution in [0, 0.1) is 17.2 Å². The maximum absolute atomic E-state index is 12.0. The van der Waals surface area contributed by atoms with Crippen LogP contribution >= 0.6 is 0 Å². The highest BCUT2D eigenvalue weighted by atomic mass is 16.2. The molecule has 0 N–H and O–H groups in total. The lowest BCUT2D eigenvalue weighted by Crippen LogP contribution is -2.59. The van der Waals surface area contributed by atoms with Gasteiger partial charge in [-0.25, -0.2) is 0 Å². The van der Waals surface area contributed by atoms with E-state index in [1.54, 1.807) is 0 Å². The smallest absolute Gasteiger partial charge is 0.240 e. The molecular formula is C12H21N3O. The summed E-state index contributed by atoms with van der Waals surface area (Å²) in [5.74, 6) is -0.481. The van der Waals surface area contributed by atoms with Crippen LogP contribution in [0.2, 0.25) is 0 Å². The first-order valence-corrected chi connectivity index (χ1v) is 5.82. The fraction of sp³-hybridized carbons (Fsp3) is 0.833. The summed E-state index contributed by atoms with van der Waals surface area (Å²) in [5, 5.41) is 8.90. The first-order valence-electron chi connectivity index (χ1n) is 5.82. The summed E-state index contributed by atoms with van der Waals surface area (Å²) in [6.07, 6.45) is 0.599. The van der Waals surface area contributed by atoms with E-state index in [1.807, 2.05) is 11.8 Å². The number of piperazine rings is 1. The van der Waals surface area contributed by atoms with Gasteiger partial charge in [-0.05, 0) is 27.3 Å². The van der Waals surface area contributed by atoms with Crippen molar-refractivity contribution in [2.24, 2.45) is 5.92 Å². The summed E-state index contributed by atoms with van der Waals surface area (Å²) in [7, 11) is 2.07. The van der Waals surface area contributed by atoms with E-state index >= 15 is 0 Å². The number of rotatable bonds is 2. The molecule has 0 aliphatic carbocycles. The van der Waals surface area contributed by atoms with Crippen LogP contribution in [0.25, 0.3) is 0 Å². The topological polar surface area (TPSA) is 47.3 Å². The maximum atomic E-state index is 12.0. The van der Waals surface area contributed by atoms with E-state index in [2.05, 4.69) is 31.9 Å². The Labute approximate surface area is 97.8 Å². The van der Waals surface area contributed by atoms with Crippen LogP contribution in [0.1, 0.15) is 27.2 Å². The minimum Gasteiger partial charge on any atom is -0.338 e. The zero-order valence-electron chi connectivity index (χ0n) is 10.7. The van der Waals surface area contributed by atoms with Gasteiger partial charge in [0, 0.05) is 25.2 Å². The van der Waals surface area contributed by atoms with Crippen molar-refractivity contribution in [3.8, 4) is 6.07 Å². The number of amides is 1. The van der Waals surface area contributed by atoms with E-state index < -0.39 is 5.92 Å². The quantitative estimate of drug-likeness (QED) is 0.704. The molecule has 0 aromatic heterocycles. The van der Waals surface area contributed by atoms with Gasteiger partial charge in [-0.3, -0.25) is 9.69 Å². The van der Waals surface area contributed by atoms with Crippen LogP contribution < -0.4 is 0 Å². The lowest BCUT2D eigenvalue weighted by Gasteiger charge is -2.45. The molecule has 4 heteroatoms. The van der Waals surface area contributed by atoms with Gasteiger partial charge in [-0.2, -0.15) is 5.26 Å². The summed E-state index contributed by atoms with van der Waals surface area (Å²) >= 11 is 0. The van der Waals surface area contributed by atoms with E-state index in [4.69, 9.17) is 5.26 Å². The summed E-state index contributed by atoms with van der Waals surface area (Å²) in [6, 6.07) is 2.08. The zero-order valence-corrected chi connectivity index (χ0v) is 10.7. The molecule has 1 saturated heterocycles. The van der Waals surface area contributed by atoms with Crippen LogP contribution in [0.4, 0.5) is 0 Å². The first kappa shape index (κ1) is 13.0. The van der Waals surface area contributed by atoms with Gasteiger partial charge < -0.3 is 4.90 Å². The number of hydrogen-bond acceptors (Lipinski definition) is 3. The van der Waals surface area contributed by atoms with Gasteiger partial charge in [-0.15, -0.1) is 0 Å². The molecule has 1 fully saturated rings. The van der Waals surface area contributed by atoms with E-state index in [0.29, 0.717) is 13.0 Å². The molecule has 0 saturated carbocycles. The second kappa shape index (κ2) is 4.84. The molecule has 1 atom stereocenters. The lowest BCUT2D eigenvalue weighted by molar-refractivity contribution is -0.138. The standard InChI is InChI=1S/C12H21N3O/c1-5-10(8-13)11(16)15-7-6-14(4)12(2,3)9-15/h10H,5-7,9H2,1-4H3. The van der Waals surface area contributed by atoms with Crippen LogP contribution in [-0.2, 0) is 4.79 Å². The van der Waals surface area contributed by atoms with Gasteiger partial charge >= 0.3 is 0 Å². The zero-order chi connectivity index (χ0) is 12.3. The predicted octanol–water partition coefficient (Wildman–Crippen LogP) is 1.09. The van der Waals surface area contributed by atoms with Crippen molar-refractivity contribution in [2.45, 2.75) is 32.7 Å². The molecule has 1 amide bonds. The molecule has 0 aromatic carbocycles. The summed E-state index contributed by atoms with van der Waals surface area (Å²) in [6.45, 7) is 8.45. The Morgan fingerprint density at radius 1 is 1.50 bits per heavy atom. The number of nitrogens with zero attached hydrogens (tertiary/aromatic N) is 3. The van der Waals surface area contributed by atoms with Crippen molar-refractivity contribution in [3.05, 3.63) is 0 Å². The highest BCUT2D eigenvalue weighted by molar-refractivity contribution is 5.81. The Morgan fingerprint density at radius 3 is 2.56 bits per heavy atom. The predicted molar refractivity (Wildman–Crippen MR) is 62.7 cm³/mol. The Kier molecular flexibility index (Phi) is 3.93. The summed E-state index contributed by atoms with van der Waals surface area (Å²) < 4.78 is 0. The van der Waals surface area contributed by atoms with Crippen molar-refractivity contribution in [3.63, 3.8) is 0 Å². The molecule has 1 aliphatic heterocycles. The fourth-order valence-corrected chi connectivity index (χ4v) is 1.97. The Morgan fingerprint density at radius 2 is 2.12 bits per heavy atom. The molecule has 0 bridgehead atoms. The van der Waals surface area contributed by atoms with Gasteiger partial charge in [0.05, 0.1) is 6.07 Å². The highest BCUT2D eigenvalue weighted by Crippen LogP contribution is 2.20. The summed E-state index contributed by atoms with van der Waals surface area (Å²) in [5.41, 5.74) is 0.00164. The highest BCUT2D eigenvalue weighted by Gasteiger charge is 2.35. The van der Waals surface area contributed by atoms with E-state index in [-0.39, 0.29) is 11.4 Å². The summed E-state index contributed by atoms with van der Waals surface area (Å²) in [4.78, 5) is 16.1. The van der Waals surface area contributed by atoms with Crippen molar-refractivity contribution < 1.29 is 4.79 Å².